The van der Waals surface area contributed by atoms with Gasteiger partial charge in [-0.1, -0.05) is 0 Å². The maximum Gasteiger partial charge on any atom is 0.422 e. The van der Waals surface area contributed by atoms with Gasteiger partial charge in [-0.15, -0.1) is 0 Å². The van der Waals surface area contributed by atoms with E-state index in [0.29, 0.717) is 12.2 Å². The number of nitrogens with zero attached hydrogens (tertiary/aromatic N) is 2. The largest absolute Gasteiger partial charge is 0.468 e. The van der Waals surface area contributed by atoms with E-state index >= 15 is 0 Å². The molecule has 2 aromatic heterocycles. The highest BCUT2D eigenvalue weighted by Crippen LogP contribution is 2.18. The molecule has 21 heavy (non-hydrogen) atoms. The summed E-state index contributed by atoms with van der Waals surface area (Å²) in [6.07, 6.45) is -2.94. The van der Waals surface area contributed by atoms with Gasteiger partial charge in [0.25, 0.3) is 0 Å². The fraction of sp³-hybridized carbons (Fsp3) is 0.385. The lowest BCUT2D eigenvalue weighted by Crippen LogP contribution is -2.19. The van der Waals surface area contributed by atoms with Crippen LogP contribution in [0.25, 0.3) is 0 Å². The standard InChI is InChI=1S/C13H15F3N4O/c1-8-11(9(2)20-19-8)6-17-10-3-4-12(18-5-10)21-7-13(14,15)16/h3-5,17H,6-7H2,1-2H3,(H,19,20). The van der Waals surface area contributed by atoms with E-state index in [1.54, 1.807) is 6.07 Å². The number of ether oxygens (including phenoxy) is 1. The lowest BCUT2D eigenvalue weighted by Gasteiger charge is -2.09. The van der Waals surface area contributed by atoms with Crippen LogP contribution in [-0.2, 0) is 6.54 Å². The van der Waals surface area contributed by atoms with Gasteiger partial charge in [0.05, 0.1) is 17.6 Å². The normalized spacial score (nSPS) is 11.5. The second-order valence-corrected chi connectivity index (χ2v) is 4.56. The monoisotopic (exact) mass is 300 g/mol. The Morgan fingerprint density at radius 1 is 1.29 bits per heavy atom. The number of hydrogen-bond acceptors (Lipinski definition) is 4. The molecule has 2 aromatic rings. The Bertz CT molecular complexity index is 573. The van der Waals surface area contributed by atoms with Gasteiger partial charge in [-0.05, 0) is 19.9 Å². The van der Waals surface area contributed by atoms with E-state index in [1.807, 2.05) is 13.8 Å². The number of rotatable bonds is 5. The molecule has 0 unspecified atom stereocenters. The van der Waals surface area contributed by atoms with Crippen LogP contribution in [0.5, 0.6) is 5.88 Å². The molecular weight excluding hydrogens is 285 g/mol. The summed E-state index contributed by atoms with van der Waals surface area (Å²) in [5.41, 5.74) is 3.61. The van der Waals surface area contributed by atoms with Crippen molar-refractivity contribution in [2.75, 3.05) is 11.9 Å². The first kappa shape index (κ1) is 15.1. The molecule has 0 fully saturated rings. The number of anilines is 1. The Kier molecular flexibility index (Phi) is 4.35. The summed E-state index contributed by atoms with van der Waals surface area (Å²) >= 11 is 0. The molecule has 0 radical (unpaired) electrons. The molecule has 0 aromatic carbocycles. The van der Waals surface area contributed by atoms with Crippen LogP contribution in [0.4, 0.5) is 18.9 Å². The van der Waals surface area contributed by atoms with Gasteiger partial charge in [0, 0.05) is 23.9 Å². The second kappa shape index (κ2) is 6.02. The third-order valence-corrected chi connectivity index (χ3v) is 2.87. The van der Waals surface area contributed by atoms with Crippen molar-refractivity contribution in [3.05, 3.63) is 35.3 Å². The number of halogens is 3. The number of H-pyrrole nitrogens is 1. The average molecular weight is 300 g/mol. The molecule has 2 heterocycles. The molecule has 0 saturated heterocycles. The molecule has 0 aliphatic heterocycles. The van der Waals surface area contributed by atoms with Crippen LogP contribution in [0.3, 0.4) is 0 Å². The van der Waals surface area contributed by atoms with Crippen molar-refractivity contribution in [1.29, 1.82) is 0 Å². The molecule has 0 aliphatic rings. The highest BCUT2D eigenvalue weighted by Gasteiger charge is 2.28. The van der Waals surface area contributed by atoms with Crippen molar-refractivity contribution in [2.45, 2.75) is 26.6 Å². The fourth-order valence-corrected chi connectivity index (χ4v) is 1.75. The Morgan fingerprint density at radius 3 is 2.57 bits per heavy atom. The maximum atomic E-state index is 12.0. The lowest BCUT2D eigenvalue weighted by molar-refractivity contribution is -0.154. The highest BCUT2D eigenvalue weighted by molar-refractivity contribution is 5.43. The number of pyridine rings is 1. The quantitative estimate of drug-likeness (QED) is 0.891. The van der Waals surface area contributed by atoms with Crippen molar-refractivity contribution in [3.8, 4) is 5.88 Å². The predicted molar refractivity (Wildman–Crippen MR) is 71.2 cm³/mol. The van der Waals surface area contributed by atoms with E-state index in [4.69, 9.17) is 0 Å². The van der Waals surface area contributed by atoms with Crippen molar-refractivity contribution < 1.29 is 17.9 Å². The summed E-state index contributed by atoms with van der Waals surface area (Å²) in [7, 11) is 0. The molecular formula is C13H15F3N4O. The zero-order chi connectivity index (χ0) is 15.5. The minimum atomic E-state index is -4.37. The molecule has 8 heteroatoms. The molecule has 0 saturated carbocycles. The van der Waals surface area contributed by atoms with E-state index in [-0.39, 0.29) is 5.88 Å². The Morgan fingerprint density at radius 2 is 2.05 bits per heavy atom. The van der Waals surface area contributed by atoms with Crippen molar-refractivity contribution in [3.63, 3.8) is 0 Å². The average Bonchev–Trinajstić information content (AvgIpc) is 2.74. The highest BCUT2D eigenvalue weighted by atomic mass is 19.4. The molecule has 0 amide bonds. The van der Waals surface area contributed by atoms with Crippen molar-refractivity contribution in [1.82, 2.24) is 15.2 Å². The maximum absolute atomic E-state index is 12.0. The zero-order valence-corrected chi connectivity index (χ0v) is 11.6. The van der Waals surface area contributed by atoms with Gasteiger partial charge in [-0.2, -0.15) is 18.3 Å². The topological polar surface area (TPSA) is 62.8 Å². The first-order chi connectivity index (χ1) is 9.85. The summed E-state index contributed by atoms with van der Waals surface area (Å²) in [4.78, 5) is 3.82. The molecule has 114 valence electrons. The van der Waals surface area contributed by atoms with E-state index in [0.717, 1.165) is 17.0 Å². The summed E-state index contributed by atoms with van der Waals surface area (Å²) in [6.45, 7) is 3.02. The second-order valence-electron chi connectivity index (χ2n) is 4.56. The summed E-state index contributed by atoms with van der Waals surface area (Å²) in [5, 5.41) is 10.1. The number of nitrogens with one attached hydrogen (secondary N) is 2. The molecule has 0 aliphatic carbocycles. The lowest BCUT2D eigenvalue weighted by atomic mass is 10.2. The van der Waals surface area contributed by atoms with E-state index < -0.39 is 12.8 Å². The minimum absolute atomic E-state index is 0.0615. The van der Waals surface area contributed by atoms with Crippen molar-refractivity contribution in [2.24, 2.45) is 0 Å². The number of aromatic amines is 1. The molecule has 0 bridgehead atoms. The Labute approximate surface area is 119 Å². The van der Waals surface area contributed by atoms with Crippen LogP contribution in [0.1, 0.15) is 17.0 Å². The van der Waals surface area contributed by atoms with Gasteiger partial charge >= 0.3 is 6.18 Å². The number of hydrogen-bond donors (Lipinski definition) is 2. The van der Waals surface area contributed by atoms with Gasteiger partial charge in [-0.25, -0.2) is 4.98 Å². The number of aryl methyl sites for hydroxylation is 2. The van der Waals surface area contributed by atoms with Gasteiger partial charge < -0.3 is 10.1 Å². The Hall–Kier alpha value is -2.25. The van der Waals surface area contributed by atoms with E-state index in [2.05, 4.69) is 25.2 Å². The van der Waals surface area contributed by atoms with Gasteiger partial charge in [0.15, 0.2) is 6.61 Å². The van der Waals surface area contributed by atoms with E-state index in [1.165, 1.54) is 12.3 Å². The van der Waals surface area contributed by atoms with E-state index in [9.17, 15) is 13.2 Å². The van der Waals surface area contributed by atoms with Gasteiger partial charge in [0.1, 0.15) is 0 Å². The third kappa shape index (κ3) is 4.37. The molecule has 2 N–H and O–H groups in total. The van der Waals surface area contributed by atoms with Crippen molar-refractivity contribution >= 4 is 5.69 Å². The van der Waals surface area contributed by atoms with Crippen LogP contribution in [0, 0.1) is 13.8 Å². The first-order valence-electron chi connectivity index (χ1n) is 6.25. The Balaban J connectivity index is 1.91. The molecule has 0 atom stereocenters. The van der Waals surface area contributed by atoms with Crippen LogP contribution in [0.15, 0.2) is 18.3 Å². The van der Waals surface area contributed by atoms with Gasteiger partial charge in [-0.3, -0.25) is 5.10 Å². The third-order valence-electron chi connectivity index (χ3n) is 2.87. The number of alkyl halides is 3. The summed E-state index contributed by atoms with van der Waals surface area (Å²) in [6, 6.07) is 3.01. The summed E-state index contributed by atoms with van der Waals surface area (Å²) < 4.78 is 40.5. The predicted octanol–water partition coefficient (Wildman–Crippen LogP) is 2.97. The summed E-state index contributed by atoms with van der Waals surface area (Å²) in [5.74, 6) is -0.0615. The fourth-order valence-electron chi connectivity index (χ4n) is 1.75. The SMILES string of the molecule is Cc1n[nH]c(C)c1CNc1ccc(OCC(F)(F)F)nc1. The zero-order valence-electron chi connectivity index (χ0n) is 11.6. The molecule has 5 nitrogen and oxygen atoms in total. The molecule has 0 spiro atoms. The van der Waals surface area contributed by atoms with Crippen LogP contribution in [0.2, 0.25) is 0 Å². The first-order valence-corrected chi connectivity index (χ1v) is 6.25. The van der Waals surface area contributed by atoms with Crippen LogP contribution < -0.4 is 10.1 Å². The van der Waals surface area contributed by atoms with Crippen LogP contribution >= 0.6 is 0 Å². The van der Waals surface area contributed by atoms with Gasteiger partial charge in [0.2, 0.25) is 5.88 Å². The minimum Gasteiger partial charge on any atom is -0.468 e. The van der Waals surface area contributed by atoms with Crippen LogP contribution in [-0.4, -0.2) is 28.0 Å². The smallest absolute Gasteiger partial charge is 0.422 e. The number of aromatic nitrogens is 3. The molecule has 2 rings (SSSR count).